The van der Waals surface area contributed by atoms with Crippen molar-refractivity contribution in [3.8, 4) is 0 Å². The van der Waals surface area contributed by atoms with Gasteiger partial charge in [0.1, 0.15) is 0 Å². The number of sulfonamides is 1. The first-order valence-corrected chi connectivity index (χ1v) is 7.67. The van der Waals surface area contributed by atoms with Crippen molar-refractivity contribution in [1.82, 2.24) is 4.31 Å². The molecule has 0 radical (unpaired) electrons. The van der Waals surface area contributed by atoms with Crippen LogP contribution >= 0.6 is 15.9 Å². The quantitative estimate of drug-likeness (QED) is 0.900. The monoisotopic (exact) mass is 319 g/mol. The first-order valence-electron chi connectivity index (χ1n) is 5.44. The number of aliphatic hydroxyl groups excluding tert-OH is 1. The minimum absolute atomic E-state index is 0.193. The maximum atomic E-state index is 12.2. The molecule has 1 aromatic carbocycles. The number of hydrogen-bond acceptors (Lipinski definition) is 3. The van der Waals surface area contributed by atoms with Crippen molar-refractivity contribution in [1.29, 1.82) is 0 Å². The van der Waals surface area contributed by atoms with E-state index < -0.39 is 16.1 Å². The summed E-state index contributed by atoms with van der Waals surface area (Å²) in [4.78, 5) is 0.273. The number of benzene rings is 1. The molecule has 1 aromatic rings. The second kappa shape index (κ2) is 5.06. The fourth-order valence-electron chi connectivity index (χ4n) is 1.89. The van der Waals surface area contributed by atoms with E-state index in [1.165, 1.54) is 4.31 Å². The van der Waals surface area contributed by atoms with Crippen LogP contribution in [0.25, 0.3) is 0 Å². The normalized spacial score (nSPS) is 22.6. The molecule has 6 heteroatoms. The number of β-amino-alcohol motifs (C(OH)–C–C–N with tert-alkyl or cyclic N) is 1. The van der Waals surface area contributed by atoms with Gasteiger partial charge in [0.05, 0.1) is 11.0 Å². The number of nitrogens with zero attached hydrogens (tertiary/aromatic N) is 1. The zero-order chi connectivity index (χ0) is 12.5. The number of hydrogen-bond donors (Lipinski definition) is 1. The Labute approximate surface area is 109 Å². The highest BCUT2D eigenvalue weighted by Gasteiger charge is 2.29. The van der Waals surface area contributed by atoms with Crippen LogP contribution in [0.5, 0.6) is 0 Å². The van der Waals surface area contributed by atoms with Gasteiger partial charge in [-0.1, -0.05) is 15.9 Å². The molecule has 1 aliphatic heterocycles. The van der Waals surface area contributed by atoms with E-state index in [4.69, 9.17) is 0 Å². The fourth-order valence-corrected chi connectivity index (χ4v) is 3.68. The van der Waals surface area contributed by atoms with Gasteiger partial charge in [-0.25, -0.2) is 8.42 Å². The summed E-state index contributed by atoms with van der Waals surface area (Å²) in [5, 5.41) is 9.52. The lowest BCUT2D eigenvalue weighted by Gasteiger charge is -2.29. The molecule has 0 amide bonds. The molecule has 1 N–H and O–H groups in total. The lowest BCUT2D eigenvalue weighted by Crippen LogP contribution is -2.42. The van der Waals surface area contributed by atoms with Gasteiger partial charge in [-0.05, 0) is 37.1 Å². The van der Waals surface area contributed by atoms with Crippen molar-refractivity contribution in [2.24, 2.45) is 0 Å². The minimum Gasteiger partial charge on any atom is -0.392 e. The van der Waals surface area contributed by atoms with Gasteiger partial charge < -0.3 is 5.11 Å². The molecule has 4 nitrogen and oxygen atoms in total. The third-order valence-electron chi connectivity index (χ3n) is 2.81. The first kappa shape index (κ1) is 13.0. The van der Waals surface area contributed by atoms with Gasteiger partial charge in [0.15, 0.2) is 0 Å². The molecule has 1 fully saturated rings. The molecule has 0 aromatic heterocycles. The molecule has 94 valence electrons. The summed E-state index contributed by atoms with van der Waals surface area (Å²) in [6.45, 7) is 0.674. The highest BCUT2D eigenvalue weighted by atomic mass is 79.9. The Hall–Kier alpha value is -0.430. The number of halogens is 1. The van der Waals surface area contributed by atoms with Crippen molar-refractivity contribution in [2.45, 2.75) is 23.8 Å². The van der Waals surface area contributed by atoms with Crippen molar-refractivity contribution < 1.29 is 13.5 Å². The van der Waals surface area contributed by atoms with Crippen LogP contribution in [0.4, 0.5) is 0 Å². The fraction of sp³-hybridized carbons (Fsp3) is 0.455. The highest BCUT2D eigenvalue weighted by Crippen LogP contribution is 2.22. The number of rotatable bonds is 2. The Kier molecular flexibility index (Phi) is 3.87. The lowest BCUT2D eigenvalue weighted by atomic mass is 10.1. The summed E-state index contributed by atoms with van der Waals surface area (Å²) in [6, 6.07) is 6.54. The predicted octanol–water partition coefficient (Wildman–Crippen LogP) is 1.59. The SMILES string of the molecule is O=S(=O)(c1ccc(Br)cc1)N1CCCC(O)C1. The van der Waals surface area contributed by atoms with Crippen LogP contribution in [0.3, 0.4) is 0 Å². The lowest BCUT2D eigenvalue weighted by molar-refractivity contribution is 0.108. The minimum atomic E-state index is -3.46. The standard InChI is InChI=1S/C11H14BrNO3S/c12-9-3-5-11(6-4-9)17(15,16)13-7-1-2-10(14)8-13/h3-6,10,14H,1-2,7-8H2. The van der Waals surface area contributed by atoms with Crippen LogP contribution in [0.15, 0.2) is 33.6 Å². The molecule has 0 aliphatic carbocycles. The molecule has 1 atom stereocenters. The van der Waals surface area contributed by atoms with E-state index in [9.17, 15) is 13.5 Å². The molecular formula is C11H14BrNO3S. The molecular weight excluding hydrogens is 306 g/mol. The van der Waals surface area contributed by atoms with E-state index in [2.05, 4.69) is 15.9 Å². The Bertz CT molecular complexity index is 486. The Morgan fingerprint density at radius 2 is 1.94 bits per heavy atom. The van der Waals surface area contributed by atoms with Gasteiger partial charge in [-0.3, -0.25) is 0 Å². The van der Waals surface area contributed by atoms with Crippen LogP contribution in [0.2, 0.25) is 0 Å². The van der Waals surface area contributed by atoms with E-state index in [0.29, 0.717) is 19.4 Å². The topological polar surface area (TPSA) is 57.6 Å². The van der Waals surface area contributed by atoms with Gasteiger partial charge in [-0.2, -0.15) is 4.31 Å². The van der Waals surface area contributed by atoms with Gasteiger partial charge >= 0.3 is 0 Å². The summed E-state index contributed by atoms with van der Waals surface area (Å²) >= 11 is 3.27. The molecule has 1 aliphatic rings. The van der Waals surface area contributed by atoms with E-state index in [1.54, 1.807) is 24.3 Å². The average molecular weight is 320 g/mol. The molecule has 0 spiro atoms. The first-order chi connectivity index (χ1) is 8.00. The van der Waals surface area contributed by atoms with Crippen LogP contribution in [0.1, 0.15) is 12.8 Å². The third-order valence-corrected chi connectivity index (χ3v) is 5.22. The summed E-state index contributed by atoms with van der Waals surface area (Å²) in [5.41, 5.74) is 0. The van der Waals surface area contributed by atoms with Gasteiger partial charge in [0, 0.05) is 17.6 Å². The Balaban J connectivity index is 2.26. The Morgan fingerprint density at radius 3 is 2.53 bits per heavy atom. The molecule has 1 unspecified atom stereocenters. The summed E-state index contributed by atoms with van der Waals surface area (Å²) in [6.07, 6.45) is 0.831. The Morgan fingerprint density at radius 1 is 1.29 bits per heavy atom. The van der Waals surface area contributed by atoms with Crippen LogP contribution in [-0.4, -0.2) is 37.0 Å². The van der Waals surface area contributed by atoms with E-state index in [0.717, 1.165) is 4.47 Å². The van der Waals surface area contributed by atoms with Gasteiger partial charge in [0.2, 0.25) is 10.0 Å². The number of piperidine rings is 1. The summed E-state index contributed by atoms with van der Waals surface area (Å²) < 4.78 is 26.7. The average Bonchev–Trinajstić information content (AvgIpc) is 2.29. The van der Waals surface area contributed by atoms with E-state index in [1.807, 2.05) is 0 Å². The maximum Gasteiger partial charge on any atom is 0.243 e. The zero-order valence-corrected chi connectivity index (χ0v) is 11.6. The number of aliphatic hydroxyl groups is 1. The third kappa shape index (κ3) is 2.88. The molecule has 1 saturated heterocycles. The van der Waals surface area contributed by atoms with Gasteiger partial charge in [-0.15, -0.1) is 0 Å². The smallest absolute Gasteiger partial charge is 0.243 e. The zero-order valence-electron chi connectivity index (χ0n) is 9.21. The second-order valence-corrected chi connectivity index (χ2v) is 6.97. The van der Waals surface area contributed by atoms with E-state index in [-0.39, 0.29) is 11.4 Å². The van der Waals surface area contributed by atoms with Gasteiger partial charge in [0.25, 0.3) is 0 Å². The largest absolute Gasteiger partial charge is 0.392 e. The van der Waals surface area contributed by atoms with Crippen LogP contribution in [0, 0.1) is 0 Å². The summed E-state index contributed by atoms with van der Waals surface area (Å²) in [7, 11) is -3.46. The van der Waals surface area contributed by atoms with Crippen molar-refractivity contribution >= 4 is 26.0 Å². The van der Waals surface area contributed by atoms with Crippen molar-refractivity contribution in [3.05, 3.63) is 28.7 Å². The second-order valence-electron chi connectivity index (χ2n) is 4.11. The van der Waals surface area contributed by atoms with Crippen LogP contribution < -0.4 is 0 Å². The maximum absolute atomic E-state index is 12.2. The molecule has 1 heterocycles. The van der Waals surface area contributed by atoms with E-state index >= 15 is 0 Å². The highest BCUT2D eigenvalue weighted by molar-refractivity contribution is 9.10. The predicted molar refractivity (Wildman–Crippen MR) is 68.1 cm³/mol. The molecule has 0 saturated carbocycles. The molecule has 0 bridgehead atoms. The van der Waals surface area contributed by atoms with Crippen molar-refractivity contribution in [3.63, 3.8) is 0 Å². The summed E-state index contributed by atoms with van der Waals surface area (Å²) in [5.74, 6) is 0. The van der Waals surface area contributed by atoms with Crippen LogP contribution in [-0.2, 0) is 10.0 Å². The van der Waals surface area contributed by atoms with Crippen molar-refractivity contribution in [2.75, 3.05) is 13.1 Å². The molecule has 17 heavy (non-hydrogen) atoms. The molecule has 2 rings (SSSR count).